The highest BCUT2D eigenvalue weighted by atomic mass is 19.3. The number of rotatable bonds is 7. The van der Waals surface area contributed by atoms with Gasteiger partial charge in [-0.2, -0.15) is 4.98 Å². The smallest absolute Gasteiger partial charge is 0.256 e. The molecule has 40 heavy (non-hydrogen) atoms. The van der Waals surface area contributed by atoms with Crippen molar-refractivity contribution in [3.8, 4) is 5.75 Å². The average Bonchev–Trinajstić information content (AvgIpc) is 2.93. The number of carbonyl (C=O) groups excluding carboxylic acids is 1. The normalized spacial score (nSPS) is 18.1. The van der Waals surface area contributed by atoms with E-state index in [0.29, 0.717) is 37.1 Å². The number of ether oxygens (including phenoxy) is 1. The van der Waals surface area contributed by atoms with E-state index in [0.717, 1.165) is 31.6 Å². The molecule has 11 nitrogen and oxygen atoms in total. The lowest BCUT2D eigenvalue weighted by Gasteiger charge is -2.42. The van der Waals surface area contributed by atoms with Crippen molar-refractivity contribution in [3.63, 3.8) is 0 Å². The van der Waals surface area contributed by atoms with E-state index >= 15 is 0 Å². The second kappa shape index (κ2) is 10.9. The number of nitrogens with two attached hydrogens (primary N) is 2. The van der Waals surface area contributed by atoms with Crippen LogP contribution < -0.4 is 31.8 Å². The Balaban J connectivity index is 1.32. The minimum absolute atomic E-state index is 0.0407. The fourth-order valence-corrected chi connectivity index (χ4v) is 5.66. The Hall–Kier alpha value is -4.00. The van der Waals surface area contributed by atoms with Gasteiger partial charge in [-0.25, -0.2) is 13.8 Å². The number of hydrogen-bond acceptors (Lipinski definition) is 9. The van der Waals surface area contributed by atoms with Crippen LogP contribution in [0.4, 0.5) is 31.9 Å². The topological polar surface area (TPSA) is 145 Å². The maximum Gasteiger partial charge on any atom is 0.256 e. The molecule has 0 bridgehead atoms. The molecule has 0 radical (unpaired) electrons. The Bertz CT molecular complexity index is 1480. The zero-order valence-electron chi connectivity index (χ0n) is 22.6. The fraction of sp³-hybridized carbons (Fsp3) is 0.481. The van der Waals surface area contributed by atoms with Gasteiger partial charge in [0.1, 0.15) is 17.1 Å². The molecule has 5 N–H and O–H groups in total. The molecule has 5 rings (SSSR count). The number of halogens is 2. The highest BCUT2D eigenvalue weighted by Crippen LogP contribution is 2.34. The summed E-state index contributed by atoms with van der Waals surface area (Å²) in [5.41, 5.74) is 12.5. The lowest BCUT2D eigenvalue weighted by atomic mass is 9.98. The van der Waals surface area contributed by atoms with Gasteiger partial charge in [0.2, 0.25) is 11.4 Å². The summed E-state index contributed by atoms with van der Waals surface area (Å²) >= 11 is 0. The third-order valence-electron chi connectivity index (χ3n) is 7.91. The Morgan fingerprint density at radius 1 is 1.20 bits per heavy atom. The second-order valence-corrected chi connectivity index (χ2v) is 10.2. The van der Waals surface area contributed by atoms with Crippen LogP contribution in [0.25, 0.3) is 11.0 Å². The summed E-state index contributed by atoms with van der Waals surface area (Å²) in [4.78, 5) is 37.9. The Morgan fingerprint density at radius 2 is 1.90 bits per heavy atom. The number of piperidine rings is 2. The van der Waals surface area contributed by atoms with Crippen LogP contribution in [0, 0.1) is 0 Å². The summed E-state index contributed by atoms with van der Waals surface area (Å²) in [7, 11) is 1.57. The van der Waals surface area contributed by atoms with Crippen LogP contribution in [0.2, 0.25) is 0 Å². The monoisotopic (exact) mass is 556 g/mol. The Morgan fingerprint density at radius 3 is 2.52 bits per heavy atom. The lowest BCUT2D eigenvalue weighted by molar-refractivity contribution is -0.0646. The van der Waals surface area contributed by atoms with Gasteiger partial charge < -0.3 is 31.0 Å². The molecule has 2 fully saturated rings. The molecule has 2 aliphatic heterocycles. The molecular weight excluding hydrogens is 522 g/mol. The number of benzene rings is 1. The largest absolute Gasteiger partial charge is 0.494 e. The Labute approximate surface area is 230 Å². The van der Waals surface area contributed by atoms with Gasteiger partial charge in [-0.3, -0.25) is 14.5 Å². The van der Waals surface area contributed by atoms with Crippen molar-refractivity contribution >= 4 is 40.1 Å². The fourth-order valence-electron chi connectivity index (χ4n) is 5.66. The number of nitrogens with zero attached hydrogens (tertiary/aromatic N) is 5. The second-order valence-electron chi connectivity index (χ2n) is 10.2. The number of nitrogens with one attached hydrogen (secondary N) is 1. The molecule has 0 atom stereocenters. The molecule has 214 valence electrons. The molecule has 2 aromatic heterocycles. The highest BCUT2D eigenvalue weighted by molar-refractivity contribution is 6.00. The zero-order chi connectivity index (χ0) is 28.6. The van der Waals surface area contributed by atoms with Crippen LogP contribution in [0.15, 0.2) is 29.2 Å². The van der Waals surface area contributed by atoms with E-state index in [2.05, 4.69) is 25.1 Å². The highest BCUT2D eigenvalue weighted by Gasteiger charge is 2.37. The van der Waals surface area contributed by atoms with Crippen LogP contribution in [-0.2, 0) is 6.54 Å². The average molecular weight is 557 g/mol. The number of alkyl halides is 2. The molecule has 0 unspecified atom stereocenters. The molecular formula is C27H34F2N8O3. The van der Waals surface area contributed by atoms with Crippen molar-refractivity contribution in [1.29, 1.82) is 0 Å². The third kappa shape index (κ3) is 5.25. The first kappa shape index (κ1) is 27.6. The standard InChI is InChI=1S/C27H34F2N8O3/c1-3-37-23(30)21(24(31)39)22(38)18-15-32-26(34-25(18)37)33-19-5-4-17(14-20(19)40-2)35-10-6-16(7-11-35)36-12-8-27(28,29)9-13-36/h4-5,14-16H,3,6-13,30H2,1-2H3,(H2,31,39)(H,32,33,34). The van der Waals surface area contributed by atoms with E-state index in [1.807, 2.05) is 25.1 Å². The third-order valence-corrected chi connectivity index (χ3v) is 7.91. The zero-order valence-corrected chi connectivity index (χ0v) is 22.6. The number of likely N-dealkylation sites (tertiary alicyclic amines) is 1. The summed E-state index contributed by atoms with van der Waals surface area (Å²) in [6.07, 6.45) is 3.06. The molecule has 0 spiro atoms. The molecule has 0 aliphatic carbocycles. The molecule has 1 aromatic carbocycles. The van der Waals surface area contributed by atoms with Crippen LogP contribution in [0.1, 0.15) is 43.0 Å². The first-order valence-electron chi connectivity index (χ1n) is 13.4. The molecule has 4 heterocycles. The summed E-state index contributed by atoms with van der Waals surface area (Å²) in [6, 6.07) is 6.11. The van der Waals surface area contributed by atoms with Gasteiger partial charge in [0.05, 0.1) is 18.2 Å². The van der Waals surface area contributed by atoms with Crippen molar-refractivity contribution in [2.75, 3.05) is 49.2 Å². The molecule has 0 saturated carbocycles. The van der Waals surface area contributed by atoms with Crippen LogP contribution in [0.5, 0.6) is 5.75 Å². The number of nitrogen functional groups attached to an aromatic ring is 1. The van der Waals surface area contributed by atoms with Crippen molar-refractivity contribution in [2.45, 2.75) is 51.1 Å². The minimum Gasteiger partial charge on any atom is -0.494 e. The first-order valence-corrected chi connectivity index (χ1v) is 13.4. The lowest BCUT2D eigenvalue weighted by Crippen LogP contribution is -2.49. The van der Waals surface area contributed by atoms with Gasteiger partial charge in [0.15, 0.2) is 5.65 Å². The molecule has 1 amide bonds. The number of aromatic nitrogens is 3. The first-order chi connectivity index (χ1) is 19.1. The summed E-state index contributed by atoms with van der Waals surface area (Å²) in [5, 5.41) is 3.29. The predicted octanol–water partition coefficient (Wildman–Crippen LogP) is 2.94. The summed E-state index contributed by atoms with van der Waals surface area (Å²) in [5.74, 6) is -2.67. The van der Waals surface area contributed by atoms with Crippen molar-refractivity contribution in [1.82, 2.24) is 19.4 Å². The SMILES string of the molecule is CCn1c(N)c(C(N)=O)c(=O)c2cnc(Nc3ccc(N4CCC(N5CCC(F)(F)CC5)CC4)cc3OC)nc21. The number of carbonyl (C=O) groups is 1. The number of amides is 1. The Kier molecular flexibility index (Phi) is 7.49. The minimum atomic E-state index is -2.53. The number of hydrogen-bond donors (Lipinski definition) is 3. The van der Waals surface area contributed by atoms with Crippen molar-refractivity contribution in [3.05, 3.63) is 40.2 Å². The number of primary amides is 1. The van der Waals surface area contributed by atoms with E-state index in [1.54, 1.807) is 11.7 Å². The molecule has 13 heteroatoms. The molecule has 3 aromatic rings. The molecule has 2 aliphatic rings. The maximum atomic E-state index is 13.6. The number of aryl methyl sites for hydroxylation is 1. The van der Waals surface area contributed by atoms with Crippen molar-refractivity contribution in [2.24, 2.45) is 5.73 Å². The van der Waals surface area contributed by atoms with E-state index < -0.39 is 17.3 Å². The van der Waals surface area contributed by atoms with Gasteiger partial charge in [-0.1, -0.05) is 0 Å². The number of anilines is 4. The maximum absolute atomic E-state index is 13.6. The van der Waals surface area contributed by atoms with Crippen LogP contribution >= 0.6 is 0 Å². The number of methoxy groups -OCH3 is 1. The number of fused-ring (bicyclic) bond motifs is 1. The van der Waals surface area contributed by atoms with E-state index in [-0.39, 0.29) is 41.2 Å². The summed E-state index contributed by atoms with van der Waals surface area (Å²) in [6.45, 7) is 4.73. The quantitative estimate of drug-likeness (QED) is 0.400. The van der Waals surface area contributed by atoms with Gasteiger partial charge in [0, 0.05) is 69.6 Å². The van der Waals surface area contributed by atoms with Crippen LogP contribution in [0.3, 0.4) is 0 Å². The van der Waals surface area contributed by atoms with Gasteiger partial charge >= 0.3 is 0 Å². The summed E-state index contributed by atoms with van der Waals surface area (Å²) < 4.78 is 34.3. The van der Waals surface area contributed by atoms with E-state index in [4.69, 9.17) is 16.2 Å². The van der Waals surface area contributed by atoms with Crippen LogP contribution in [-0.4, -0.2) is 70.6 Å². The van der Waals surface area contributed by atoms with Crippen molar-refractivity contribution < 1.29 is 18.3 Å². The van der Waals surface area contributed by atoms with Gasteiger partial charge in [-0.15, -0.1) is 0 Å². The van der Waals surface area contributed by atoms with E-state index in [9.17, 15) is 18.4 Å². The number of pyridine rings is 1. The van der Waals surface area contributed by atoms with E-state index in [1.165, 1.54) is 6.20 Å². The van der Waals surface area contributed by atoms with Gasteiger partial charge in [-0.05, 0) is 31.9 Å². The predicted molar refractivity (Wildman–Crippen MR) is 150 cm³/mol. The van der Waals surface area contributed by atoms with Gasteiger partial charge in [0.25, 0.3) is 11.8 Å². The molecule has 2 saturated heterocycles.